The Kier molecular flexibility index (Phi) is 6.07. The number of carbonyl (C=O) groups is 1. The average Bonchev–Trinajstić information content (AvgIpc) is 3.54. The summed E-state index contributed by atoms with van der Waals surface area (Å²) in [5.74, 6) is 0.660. The van der Waals surface area contributed by atoms with E-state index in [1.807, 2.05) is 95.3 Å². The number of nitrogens with one attached hydrogen (secondary N) is 1. The van der Waals surface area contributed by atoms with E-state index in [1.165, 1.54) is 0 Å². The van der Waals surface area contributed by atoms with Crippen LogP contribution in [0.5, 0.6) is 5.75 Å². The lowest BCUT2D eigenvalue weighted by molar-refractivity contribution is 0.0685. The number of likely N-dealkylation sites (tertiary alicyclic amines) is 1. The summed E-state index contributed by atoms with van der Waals surface area (Å²) >= 11 is 0. The van der Waals surface area contributed by atoms with Gasteiger partial charge in [0.2, 0.25) is 0 Å². The van der Waals surface area contributed by atoms with Crippen LogP contribution in [0.25, 0.3) is 28.0 Å². The standard InChI is InChI=1S/C30H29N5O3/c1-20-7-5-9-23(17-20)35-28(19-26(32-35)21-8-6-10-24(18-21)38-2)29(36)33-15-13-22(14-16-33)34-27-12-4-3-11-25(27)31-30(34)37/h3-12,17-19,22H,13-16H2,1-2H3,(H,31,37). The number of hydrogen-bond acceptors (Lipinski definition) is 4. The lowest BCUT2D eigenvalue weighted by Crippen LogP contribution is -2.41. The Morgan fingerprint density at radius 1 is 0.974 bits per heavy atom. The molecule has 0 spiro atoms. The lowest BCUT2D eigenvalue weighted by Gasteiger charge is -2.32. The van der Waals surface area contributed by atoms with Crippen molar-refractivity contribution in [3.05, 3.63) is 101 Å². The molecule has 3 aromatic carbocycles. The summed E-state index contributed by atoms with van der Waals surface area (Å²) in [6, 6.07) is 25.3. The highest BCUT2D eigenvalue weighted by molar-refractivity contribution is 5.94. The molecule has 3 heterocycles. The first-order valence-electron chi connectivity index (χ1n) is 12.8. The molecule has 0 unspecified atom stereocenters. The second kappa shape index (κ2) is 9.70. The summed E-state index contributed by atoms with van der Waals surface area (Å²) in [6.07, 6.45) is 1.41. The van der Waals surface area contributed by atoms with E-state index in [0.717, 1.165) is 33.6 Å². The number of aromatic amines is 1. The highest BCUT2D eigenvalue weighted by atomic mass is 16.5. The first-order chi connectivity index (χ1) is 18.5. The van der Waals surface area contributed by atoms with Gasteiger partial charge in [-0.05, 0) is 67.8 Å². The molecule has 2 aromatic heterocycles. The minimum atomic E-state index is -0.101. The number of aryl methyl sites for hydroxylation is 1. The van der Waals surface area contributed by atoms with Crippen LogP contribution >= 0.6 is 0 Å². The number of aromatic nitrogens is 4. The number of piperidine rings is 1. The van der Waals surface area contributed by atoms with Gasteiger partial charge in [0.05, 0.1) is 29.5 Å². The van der Waals surface area contributed by atoms with Crippen LogP contribution in [0.1, 0.15) is 34.9 Å². The van der Waals surface area contributed by atoms with Gasteiger partial charge < -0.3 is 14.6 Å². The van der Waals surface area contributed by atoms with Crippen molar-refractivity contribution in [2.24, 2.45) is 0 Å². The van der Waals surface area contributed by atoms with Crippen molar-refractivity contribution in [3.8, 4) is 22.7 Å². The zero-order valence-corrected chi connectivity index (χ0v) is 21.4. The summed E-state index contributed by atoms with van der Waals surface area (Å²) in [4.78, 5) is 31.4. The Morgan fingerprint density at radius 2 is 1.76 bits per heavy atom. The third-order valence-electron chi connectivity index (χ3n) is 7.28. The first kappa shape index (κ1) is 23.8. The van der Waals surface area contributed by atoms with Crippen LogP contribution in [0, 0.1) is 6.92 Å². The monoisotopic (exact) mass is 507 g/mol. The number of hydrogen-bond donors (Lipinski definition) is 1. The van der Waals surface area contributed by atoms with Crippen molar-refractivity contribution in [1.29, 1.82) is 0 Å². The fourth-order valence-corrected chi connectivity index (χ4v) is 5.34. The minimum Gasteiger partial charge on any atom is -0.497 e. The molecule has 8 nitrogen and oxygen atoms in total. The van der Waals surface area contributed by atoms with E-state index in [2.05, 4.69) is 4.98 Å². The van der Waals surface area contributed by atoms with E-state index < -0.39 is 0 Å². The summed E-state index contributed by atoms with van der Waals surface area (Å²) in [5.41, 5.74) is 5.65. The molecule has 8 heteroatoms. The van der Waals surface area contributed by atoms with Gasteiger partial charge in [-0.3, -0.25) is 9.36 Å². The maximum atomic E-state index is 13.9. The molecular formula is C30H29N5O3. The van der Waals surface area contributed by atoms with Crippen LogP contribution in [-0.4, -0.2) is 50.3 Å². The van der Waals surface area contributed by atoms with Crippen LogP contribution < -0.4 is 10.4 Å². The van der Waals surface area contributed by atoms with Crippen LogP contribution in [-0.2, 0) is 0 Å². The van der Waals surface area contributed by atoms with Gasteiger partial charge in [0, 0.05) is 24.7 Å². The Bertz CT molecular complexity index is 1690. The molecule has 6 rings (SSSR count). The number of carbonyl (C=O) groups excluding carboxylic acids is 1. The molecular weight excluding hydrogens is 478 g/mol. The molecule has 1 saturated heterocycles. The molecule has 192 valence electrons. The quantitative estimate of drug-likeness (QED) is 0.364. The Hall–Kier alpha value is -4.59. The van der Waals surface area contributed by atoms with Crippen molar-refractivity contribution < 1.29 is 9.53 Å². The molecule has 1 aliphatic heterocycles. The summed E-state index contributed by atoms with van der Waals surface area (Å²) in [5, 5.41) is 4.85. The number of methoxy groups -OCH3 is 1. The second-order valence-electron chi connectivity index (χ2n) is 9.74. The number of rotatable bonds is 5. The molecule has 1 aliphatic rings. The molecule has 1 amide bonds. The molecule has 1 fully saturated rings. The number of H-pyrrole nitrogens is 1. The normalized spacial score (nSPS) is 14.2. The number of ether oxygens (including phenoxy) is 1. The number of fused-ring (bicyclic) bond motifs is 1. The summed E-state index contributed by atoms with van der Waals surface area (Å²) in [7, 11) is 1.63. The number of benzene rings is 3. The van der Waals surface area contributed by atoms with Crippen LogP contribution in [0.4, 0.5) is 0 Å². The fourth-order valence-electron chi connectivity index (χ4n) is 5.34. The molecule has 0 bridgehead atoms. The Balaban J connectivity index is 1.31. The van der Waals surface area contributed by atoms with E-state index in [4.69, 9.17) is 9.84 Å². The third-order valence-corrected chi connectivity index (χ3v) is 7.28. The van der Waals surface area contributed by atoms with Crippen molar-refractivity contribution in [2.75, 3.05) is 20.2 Å². The molecule has 1 N–H and O–H groups in total. The molecule has 0 radical (unpaired) electrons. The molecule has 0 aliphatic carbocycles. The molecule has 5 aromatic rings. The zero-order chi connectivity index (χ0) is 26.2. The lowest BCUT2D eigenvalue weighted by atomic mass is 10.0. The van der Waals surface area contributed by atoms with Gasteiger partial charge in [-0.25, -0.2) is 9.48 Å². The smallest absolute Gasteiger partial charge is 0.326 e. The van der Waals surface area contributed by atoms with Crippen molar-refractivity contribution in [2.45, 2.75) is 25.8 Å². The van der Waals surface area contributed by atoms with Crippen molar-refractivity contribution in [3.63, 3.8) is 0 Å². The second-order valence-corrected chi connectivity index (χ2v) is 9.74. The van der Waals surface area contributed by atoms with Gasteiger partial charge in [0.1, 0.15) is 11.4 Å². The first-order valence-corrected chi connectivity index (χ1v) is 12.8. The van der Waals surface area contributed by atoms with E-state index in [0.29, 0.717) is 37.3 Å². The zero-order valence-electron chi connectivity index (χ0n) is 21.4. The van der Waals surface area contributed by atoms with Gasteiger partial charge in [0.25, 0.3) is 5.91 Å². The van der Waals surface area contributed by atoms with Crippen molar-refractivity contribution in [1.82, 2.24) is 24.2 Å². The Morgan fingerprint density at radius 3 is 2.55 bits per heavy atom. The van der Waals surface area contributed by atoms with E-state index in [9.17, 15) is 9.59 Å². The van der Waals surface area contributed by atoms with Crippen LogP contribution in [0.15, 0.2) is 83.7 Å². The van der Waals surface area contributed by atoms with Crippen LogP contribution in [0.3, 0.4) is 0 Å². The van der Waals surface area contributed by atoms with Gasteiger partial charge in [-0.2, -0.15) is 5.10 Å². The predicted molar refractivity (Wildman–Crippen MR) is 147 cm³/mol. The number of imidazole rings is 1. The number of amides is 1. The largest absolute Gasteiger partial charge is 0.497 e. The summed E-state index contributed by atoms with van der Waals surface area (Å²) < 4.78 is 8.97. The van der Waals surface area contributed by atoms with Gasteiger partial charge in [-0.15, -0.1) is 0 Å². The highest BCUT2D eigenvalue weighted by Crippen LogP contribution is 2.29. The van der Waals surface area contributed by atoms with Crippen LogP contribution in [0.2, 0.25) is 0 Å². The van der Waals surface area contributed by atoms with E-state index in [-0.39, 0.29) is 17.6 Å². The van der Waals surface area contributed by atoms with Gasteiger partial charge >= 0.3 is 5.69 Å². The van der Waals surface area contributed by atoms with Gasteiger partial charge in [0.15, 0.2) is 0 Å². The Labute approximate surface area is 220 Å². The topological polar surface area (TPSA) is 85.1 Å². The average molecular weight is 508 g/mol. The minimum absolute atomic E-state index is 0.0386. The highest BCUT2D eigenvalue weighted by Gasteiger charge is 2.29. The van der Waals surface area contributed by atoms with E-state index >= 15 is 0 Å². The molecule has 0 saturated carbocycles. The number of nitrogens with zero attached hydrogens (tertiary/aromatic N) is 4. The van der Waals surface area contributed by atoms with Crippen molar-refractivity contribution >= 4 is 16.9 Å². The molecule has 38 heavy (non-hydrogen) atoms. The van der Waals surface area contributed by atoms with Gasteiger partial charge in [-0.1, -0.05) is 36.4 Å². The maximum absolute atomic E-state index is 13.9. The fraction of sp³-hybridized carbons (Fsp3) is 0.233. The van der Waals surface area contributed by atoms with E-state index in [1.54, 1.807) is 11.8 Å². The predicted octanol–water partition coefficient (Wildman–Crippen LogP) is 4.98. The SMILES string of the molecule is COc1cccc(-c2cc(C(=O)N3CCC(n4c(=O)[nH]c5ccccc54)CC3)n(-c3cccc(C)c3)n2)c1. The maximum Gasteiger partial charge on any atom is 0.326 e. The number of para-hydroxylation sites is 2. The molecule has 0 atom stereocenters. The third kappa shape index (κ3) is 4.28. The summed E-state index contributed by atoms with van der Waals surface area (Å²) in [6.45, 7) is 3.14.